The number of nitrogens with one attached hydrogen (secondary N) is 1. The third-order valence-electron chi connectivity index (χ3n) is 5.05. The van der Waals surface area contributed by atoms with Crippen LogP contribution in [0.2, 0.25) is 0 Å². The maximum absolute atomic E-state index is 13.2. The Morgan fingerprint density at radius 2 is 1.68 bits per heavy atom. The molecule has 1 aromatic heterocycles. The fraction of sp³-hybridized carbons (Fsp3) is 0.120. The van der Waals surface area contributed by atoms with E-state index in [9.17, 15) is 4.79 Å². The van der Waals surface area contributed by atoms with Crippen LogP contribution in [0.15, 0.2) is 82.2 Å². The highest BCUT2D eigenvalue weighted by Crippen LogP contribution is 2.33. The second-order valence-electron chi connectivity index (χ2n) is 7.21. The number of aryl methyl sites for hydroxylation is 1. The van der Waals surface area contributed by atoms with Crippen LogP contribution >= 0.6 is 0 Å². The van der Waals surface area contributed by atoms with E-state index in [0.717, 1.165) is 16.6 Å². The molecular formula is C25H20N2O4. The lowest BCUT2D eigenvalue weighted by atomic mass is 10.1. The lowest BCUT2D eigenvalue weighted by molar-refractivity contribution is 0.102. The molecule has 1 N–H and O–H groups in total. The van der Waals surface area contributed by atoms with Gasteiger partial charge < -0.3 is 19.2 Å². The Morgan fingerprint density at radius 3 is 2.55 bits per heavy atom. The SMILES string of the molecule is Cc1ccccc1NC(=O)c1cc2ccccc2oc1=Nc1ccc2c(c1)OCCO2. The lowest BCUT2D eigenvalue weighted by Crippen LogP contribution is -2.22. The predicted molar refractivity (Wildman–Crippen MR) is 118 cm³/mol. The topological polar surface area (TPSA) is 73.1 Å². The number of benzene rings is 3. The summed E-state index contributed by atoms with van der Waals surface area (Å²) in [6.07, 6.45) is 0. The number of carbonyl (C=O) groups is 1. The zero-order valence-corrected chi connectivity index (χ0v) is 16.9. The summed E-state index contributed by atoms with van der Waals surface area (Å²) in [5.41, 5.74) is 3.53. The molecule has 0 spiro atoms. The van der Waals surface area contributed by atoms with Crippen molar-refractivity contribution in [2.75, 3.05) is 18.5 Å². The Balaban J connectivity index is 1.62. The van der Waals surface area contributed by atoms with Gasteiger partial charge in [-0.25, -0.2) is 4.99 Å². The molecule has 0 fully saturated rings. The minimum Gasteiger partial charge on any atom is -0.486 e. The molecule has 2 heterocycles. The van der Waals surface area contributed by atoms with E-state index in [1.54, 1.807) is 24.3 Å². The van der Waals surface area contributed by atoms with Gasteiger partial charge in [-0.2, -0.15) is 0 Å². The van der Waals surface area contributed by atoms with Gasteiger partial charge in [0, 0.05) is 17.1 Å². The Morgan fingerprint density at radius 1 is 0.903 bits per heavy atom. The minimum absolute atomic E-state index is 0.224. The van der Waals surface area contributed by atoms with E-state index in [1.807, 2.05) is 55.5 Å². The van der Waals surface area contributed by atoms with Gasteiger partial charge in [-0.1, -0.05) is 36.4 Å². The Bertz CT molecular complexity index is 1360. The van der Waals surface area contributed by atoms with E-state index in [1.165, 1.54) is 0 Å². The monoisotopic (exact) mass is 412 g/mol. The van der Waals surface area contributed by atoms with E-state index in [0.29, 0.717) is 41.5 Å². The van der Waals surface area contributed by atoms with Crippen LogP contribution in [0.5, 0.6) is 11.5 Å². The van der Waals surface area contributed by atoms with Crippen molar-refractivity contribution in [2.45, 2.75) is 6.92 Å². The van der Waals surface area contributed by atoms with Crippen molar-refractivity contribution in [1.82, 2.24) is 0 Å². The van der Waals surface area contributed by atoms with Crippen molar-refractivity contribution in [3.63, 3.8) is 0 Å². The van der Waals surface area contributed by atoms with Crippen LogP contribution in [-0.2, 0) is 0 Å². The van der Waals surface area contributed by atoms with Crippen molar-refractivity contribution in [1.29, 1.82) is 0 Å². The highest BCUT2D eigenvalue weighted by atomic mass is 16.6. The number of ether oxygens (including phenoxy) is 2. The molecule has 0 atom stereocenters. The maximum atomic E-state index is 13.2. The number of rotatable bonds is 3. The minimum atomic E-state index is -0.292. The molecule has 1 aliphatic heterocycles. The lowest BCUT2D eigenvalue weighted by Gasteiger charge is -2.18. The van der Waals surface area contributed by atoms with Crippen LogP contribution in [0.4, 0.5) is 11.4 Å². The van der Waals surface area contributed by atoms with E-state index in [4.69, 9.17) is 13.9 Å². The van der Waals surface area contributed by atoms with Crippen molar-refractivity contribution in [2.24, 2.45) is 4.99 Å². The number of fused-ring (bicyclic) bond motifs is 2. The first-order valence-corrected chi connectivity index (χ1v) is 10.0. The van der Waals surface area contributed by atoms with Gasteiger partial charge in [0.1, 0.15) is 24.4 Å². The van der Waals surface area contributed by atoms with Gasteiger partial charge in [-0.15, -0.1) is 0 Å². The quantitative estimate of drug-likeness (QED) is 0.514. The average Bonchev–Trinajstić information content (AvgIpc) is 2.80. The van der Waals surface area contributed by atoms with Crippen molar-refractivity contribution in [3.8, 4) is 11.5 Å². The largest absolute Gasteiger partial charge is 0.486 e. The van der Waals surface area contributed by atoms with E-state index in [-0.39, 0.29) is 11.5 Å². The van der Waals surface area contributed by atoms with E-state index >= 15 is 0 Å². The van der Waals surface area contributed by atoms with Gasteiger partial charge in [0.05, 0.1) is 5.69 Å². The number of hydrogen-bond acceptors (Lipinski definition) is 5. The number of nitrogens with zero attached hydrogens (tertiary/aromatic N) is 1. The smallest absolute Gasteiger partial charge is 0.261 e. The van der Waals surface area contributed by atoms with Crippen LogP contribution < -0.4 is 20.3 Å². The first-order valence-electron chi connectivity index (χ1n) is 10.0. The molecule has 0 aliphatic carbocycles. The summed E-state index contributed by atoms with van der Waals surface area (Å²) in [5, 5.41) is 3.78. The Kier molecular flexibility index (Phi) is 4.88. The number of para-hydroxylation sites is 2. The summed E-state index contributed by atoms with van der Waals surface area (Å²) in [7, 11) is 0. The summed E-state index contributed by atoms with van der Waals surface area (Å²) >= 11 is 0. The molecule has 6 nitrogen and oxygen atoms in total. The molecule has 4 aromatic rings. The summed E-state index contributed by atoms with van der Waals surface area (Å²) < 4.78 is 17.2. The molecule has 0 radical (unpaired) electrons. The predicted octanol–water partition coefficient (Wildman–Crippen LogP) is 5.00. The van der Waals surface area contributed by atoms with Gasteiger partial charge in [0.2, 0.25) is 5.55 Å². The Labute approximate surface area is 178 Å². The van der Waals surface area contributed by atoms with Gasteiger partial charge in [-0.05, 0) is 42.8 Å². The van der Waals surface area contributed by atoms with Gasteiger partial charge in [0.25, 0.3) is 5.91 Å². The molecule has 154 valence electrons. The normalized spacial score (nSPS) is 13.3. The third-order valence-corrected chi connectivity index (χ3v) is 5.05. The summed E-state index contributed by atoms with van der Waals surface area (Å²) in [4.78, 5) is 17.8. The Hall–Kier alpha value is -4.06. The maximum Gasteiger partial charge on any atom is 0.261 e. The third kappa shape index (κ3) is 3.88. The second kappa shape index (κ2) is 7.99. The molecule has 3 aromatic carbocycles. The van der Waals surface area contributed by atoms with Crippen LogP contribution in [0.1, 0.15) is 15.9 Å². The number of hydrogen-bond donors (Lipinski definition) is 1. The van der Waals surface area contributed by atoms with Gasteiger partial charge >= 0.3 is 0 Å². The first kappa shape index (κ1) is 18.9. The van der Waals surface area contributed by atoms with Crippen molar-refractivity contribution < 1.29 is 18.7 Å². The molecule has 5 rings (SSSR count). The fourth-order valence-electron chi connectivity index (χ4n) is 3.44. The number of anilines is 1. The highest BCUT2D eigenvalue weighted by Gasteiger charge is 2.15. The molecule has 0 unspecified atom stereocenters. The second-order valence-corrected chi connectivity index (χ2v) is 7.21. The highest BCUT2D eigenvalue weighted by molar-refractivity contribution is 6.05. The van der Waals surface area contributed by atoms with Crippen LogP contribution in [0.3, 0.4) is 0 Å². The molecule has 1 amide bonds. The molecule has 0 saturated heterocycles. The van der Waals surface area contributed by atoms with Gasteiger partial charge in [0.15, 0.2) is 11.5 Å². The molecule has 0 bridgehead atoms. The summed E-state index contributed by atoms with van der Waals surface area (Å²) in [6, 6.07) is 22.3. The zero-order valence-electron chi connectivity index (χ0n) is 16.9. The number of carbonyl (C=O) groups excluding carboxylic acids is 1. The van der Waals surface area contributed by atoms with E-state index < -0.39 is 0 Å². The van der Waals surface area contributed by atoms with Crippen LogP contribution in [0.25, 0.3) is 11.0 Å². The van der Waals surface area contributed by atoms with Crippen LogP contribution in [-0.4, -0.2) is 19.1 Å². The molecule has 1 aliphatic rings. The van der Waals surface area contributed by atoms with Crippen LogP contribution in [0, 0.1) is 6.92 Å². The molecule has 0 saturated carbocycles. The first-order chi connectivity index (χ1) is 15.2. The van der Waals surface area contributed by atoms with E-state index in [2.05, 4.69) is 10.3 Å². The number of amides is 1. The molecule has 6 heteroatoms. The summed E-state index contributed by atoms with van der Waals surface area (Å²) in [5.74, 6) is 1.01. The average molecular weight is 412 g/mol. The standard InChI is InChI=1S/C25H20N2O4/c1-16-6-2-4-8-20(16)27-24(28)19-14-17-7-3-5-9-21(17)31-25(19)26-18-10-11-22-23(15-18)30-13-12-29-22/h2-11,14-15H,12-13H2,1H3,(H,27,28). The van der Waals surface area contributed by atoms with Crippen molar-refractivity contribution in [3.05, 3.63) is 89.5 Å². The molecular weight excluding hydrogens is 392 g/mol. The van der Waals surface area contributed by atoms with Gasteiger partial charge in [-0.3, -0.25) is 4.79 Å². The fourth-order valence-corrected chi connectivity index (χ4v) is 3.44. The van der Waals surface area contributed by atoms with Crippen molar-refractivity contribution >= 4 is 28.3 Å². The molecule has 31 heavy (non-hydrogen) atoms. The zero-order chi connectivity index (χ0) is 21.2. The summed E-state index contributed by atoms with van der Waals surface area (Å²) in [6.45, 7) is 2.95.